The van der Waals surface area contributed by atoms with Gasteiger partial charge in [0.1, 0.15) is 10.1 Å². The van der Waals surface area contributed by atoms with Gasteiger partial charge in [0.15, 0.2) is 0 Å². The van der Waals surface area contributed by atoms with Crippen molar-refractivity contribution in [3.05, 3.63) is 83.3 Å². The number of ether oxygens (including phenoxy) is 1. The smallest absolute Gasteiger partial charge is 0.266 e. The van der Waals surface area contributed by atoms with E-state index in [0.29, 0.717) is 9.23 Å². The summed E-state index contributed by atoms with van der Waals surface area (Å²) >= 11 is 8.38. The Morgan fingerprint density at radius 1 is 0.971 bits per heavy atom. The molecule has 0 aromatic heterocycles. The molecule has 2 aliphatic heterocycles. The molecule has 0 N–H and O–H groups in total. The zero-order valence-electron chi connectivity index (χ0n) is 18.3. The highest BCUT2D eigenvalue weighted by Crippen LogP contribution is 2.48. The van der Waals surface area contributed by atoms with Crippen molar-refractivity contribution in [2.24, 2.45) is 0 Å². The van der Waals surface area contributed by atoms with Crippen molar-refractivity contribution in [3.8, 4) is 5.75 Å². The highest BCUT2D eigenvalue weighted by molar-refractivity contribution is 8.26. The first-order chi connectivity index (χ1) is 16.5. The normalized spacial score (nSPS) is 16.0. The predicted octanol–water partition coefficient (Wildman–Crippen LogP) is 6.12. The molecule has 0 unspecified atom stereocenters. The number of rotatable bonds is 5. The lowest BCUT2D eigenvalue weighted by atomic mass is 10.2. The minimum Gasteiger partial charge on any atom is -0.497 e. The fourth-order valence-electron chi connectivity index (χ4n) is 3.87. The Kier molecular flexibility index (Phi) is 6.45. The van der Waals surface area contributed by atoms with E-state index in [0.717, 1.165) is 32.5 Å². The molecular weight excluding hydrogens is 484 g/mol. The Labute approximate surface area is 211 Å². The highest BCUT2D eigenvalue weighted by atomic mass is 32.2. The Morgan fingerprint density at radius 3 is 2.32 bits per heavy atom. The van der Waals surface area contributed by atoms with Gasteiger partial charge in [-0.3, -0.25) is 19.4 Å². The van der Waals surface area contributed by atoms with Gasteiger partial charge >= 0.3 is 0 Å². The van der Waals surface area contributed by atoms with Crippen LogP contribution in [0.3, 0.4) is 0 Å². The zero-order valence-corrected chi connectivity index (χ0v) is 20.7. The van der Waals surface area contributed by atoms with Crippen molar-refractivity contribution >= 4 is 69.3 Å². The first-order valence-corrected chi connectivity index (χ1v) is 12.7. The van der Waals surface area contributed by atoms with Crippen LogP contribution in [0.2, 0.25) is 0 Å². The van der Waals surface area contributed by atoms with E-state index in [9.17, 15) is 9.59 Å². The number of carbonyl (C=O) groups is 2. The maximum Gasteiger partial charge on any atom is 0.266 e. The SMILES string of the molecule is COc1cccc(/C=C2/SC(=S)N(CCC(=O)N3c4ccccc4Sc4ccccc43)C2=O)c1. The van der Waals surface area contributed by atoms with Gasteiger partial charge in [-0.1, -0.05) is 72.1 Å². The molecule has 0 spiro atoms. The molecule has 8 heteroatoms. The Morgan fingerprint density at radius 2 is 1.65 bits per heavy atom. The standard InChI is InChI=1S/C26H20N2O3S3/c1-31-18-8-6-7-17(15-18)16-23-25(30)27(26(32)34-23)14-13-24(29)28-19-9-2-4-11-21(19)33-22-12-5-3-10-20(22)28/h2-12,15-16H,13-14H2,1H3/b23-16+. The van der Waals surface area contributed by atoms with Crippen LogP contribution in [0.15, 0.2) is 87.5 Å². The van der Waals surface area contributed by atoms with Crippen LogP contribution in [0.5, 0.6) is 5.75 Å². The molecule has 2 aliphatic rings. The van der Waals surface area contributed by atoms with E-state index in [2.05, 4.69) is 0 Å². The number of hydrogen-bond acceptors (Lipinski definition) is 6. The fraction of sp³-hybridized carbons (Fsp3) is 0.115. The van der Waals surface area contributed by atoms with Gasteiger partial charge in [-0.05, 0) is 48.0 Å². The summed E-state index contributed by atoms with van der Waals surface area (Å²) < 4.78 is 5.72. The molecule has 5 nitrogen and oxygen atoms in total. The maximum absolute atomic E-state index is 13.4. The number of amides is 2. The molecule has 170 valence electrons. The van der Waals surface area contributed by atoms with Crippen LogP contribution in [0.25, 0.3) is 6.08 Å². The lowest BCUT2D eigenvalue weighted by Gasteiger charge is -2.31. The molecule has 2 amide bonds. The Hall–Kier alpha value is -3.07. The molecule has 0 atom stereocenters. The van der Waals surface area contributed by atoms with Gasteiger partial charge in [0.2, 0.25) is 5.91 Å². The second-order valence-electron chi connectivity index (χ2n) is 7.63. The van der Waals surface area contributed by atoms with E-state index in [4.69, 9.17) is 17.0 Å². The fourth-order valence-corrected chi connectivity index (χ4v) is 6.23. The summed E-state index contributed by atoms with van der Waals surface area (Å²) in [4.78, 5) is 32.4. The minimum atomic E-state index is -0.180. The van der Waals surface area contributed by atoms with Crippen LogP contribution in [-0.4, -0.2) is 34.7 Å². The molecule has 2 heterocycles. The average molecular weight is 505 g/mol. The van der Waals surface area contributed by atoms with E-state index in [1.165, 1.54) is 16.7 Å². The van der Waals surface area contributed by atoms with Gasteiger partial charge in [0.05, 0.1) is 23.4 Å². The highest BCUT2D eigenvalue weighted by Gasteiger charge is 2.34. The predicted molar refractivity (Wildman–Crippen MR) is 142 cm³/mol. The van der Waals surface area contributed by atoms with Crippen molar-refractivity contribution in [2.45, 2.75) is 16.2 Å². The summed E-state index contributed by atoms with van der Waals surface area (Å²) in [6, 6.07) is 23.2. The number of nitrogens with zero attached hydrogens (tertiary/aromatic N) is 2. The van der Waals surface area contributed by atoms with Crippen molar-refractivity contribution in [2.75, 3.05) is 18.6 Å². The van der Waals surface area contributed by atoms with Gasteiger partial charge in [0, 0.05) is 22.8 Å². The van der Waals surface area contributed by atoms with E-state index >= 15 is 0 Å². The number of methoxy groups -OCH3 is 1. The molecule has 0 radical (unpaired) electrons. The van der Waals surface area contributed by atoms with Crippen molar-refractivity contribution in [1.29, 1.82) is 0 Å². The van der Waals surface area contributed by atoms with E-state index < -0.39 is 0 Å². The molecule has 0 bridgehead atoms. The first-order valence-electron chi connectivity index (χ1n) is 10.6. The molecule has 3 aromatic rings. The Balaban J connectivity index is 1.34. The number of carbonyl (C=O) groups excluding carboxylic acids is 2. The monoisotopic (exact) mass is 504 g/mol. The minimum absolute atomic E-state index is 0.0778. The summed E-state index contributed by atoms with van der Waals surface area (Å²) in [5, 5.41) is 0. The van der Waals surface area contributed by atoms with E-state index in [1.807, 2.05) is 72.8 Å². The lowest BCUT2D eigenvalue weighted by molar-refractivity contribution is -0.123. The zero-order chi connectivity index (χ0) is 23.7. The van der Waals surface area contributed by atoms with Gasteiger partial charge in [-0.15, -0.1) is 0 Å². The third-order valence-corrected chi connectivity index (χ3v) is 8.00. The van der Waals surface area contributed by atoms with E-state index in [1.54, 1.807) is 29.8 Å². The third-order valence-electron chi connectivity index (χ3n) is 5.50. The van der Waals surface area contributed by atoms with Crippen LogP contribution < -0.4 is 9.64 Å². The molecule has 1 fully saturated rings. The summed E-state index contributed by atoms with van der Waals surface area (Å²) in [6.07, 6.45) is 1.96. The van der Waals surface area contributed by atoms with Crippen LogP contribution in [0.4, 0.5) is 11.4 Å². The van der Waals surface area contributed by atoms with Crippen molar-refractivity contribution < 1.29 is 14.3 Å². The topological polar surface area (TPSA) is 49.9 Å². The number of thioether (sulfide) groups is 1. The van der Waals surface area contributed by atoms with Crippen LogP contribution >= 0.6 is 35.7 Å². The second kappa shape index (κ2) is 9.66. The number of para-hydroxylation sites is 2. The molecule has 34 heavy (non-hydrogen) atoms. The largest absolute Gasteiger partial charge is 0.497 e. The number of hydrogen-bond donors (Lipinski definition) is 0. The molecule has 0 saturated carbocycles. The summed E-state index contributed by atoms with van der Waals surface area (Å²) in [6.45, 7) is 0.229. The summed E-state index contributed by atoms with van der Waals surface area (Å²) in [7, 11) is 1.60. The van der Waals surface area contributed by atoms with E-state index in [-0.39, 0.29) is 24.8 Å². The van der Waals surface area contributed by atoms with Gasteiger partial charge in [-0.2, -0.15) is 0 Å². The first kappa shape index (κ1) is 22.7. The Bertz CT molecular complexity index is 1290. The summed E-state index contributed by atoms with van der Waals surface area (Å²) in [5.41, 5.74) is 2.58. The lowest BCUT2D eigenvalue weighted by Crippen LogP contribution is -2.35. The van der Waals surface area contributed by atoms with Crippen LogP contribution in [0, 0.1) is 0 Å². The molecule has 0 aliphatic carbocycles. The number of fused-ring (bicyclic) bond motifs is 2. The van der Waals surface area contributed by atoms with Crippen molar-refractivity contribution in [3.63, 3.8) is 0 Å². The van der Waals surface area contributed by atoms with Crippen molar-refractivity contribution in [1.82, 2.24) is 4.90 Å². The number of benzene rings is 3. The average Bonchev–Trinajstić information content (AvgIpc) is 3.12. The molecule has 5 rings (SSSR count). The number of anilines is 2. The molecular formula is C26H20N2O3S3. The quantitative estimate of drug-likeness (QED) is 0.308. The maximum atomic E-state index is 13.4. The van der Waals surface area contributed by atoms with Gasteiger partial charge in [0.25, 0.3) is 5.91 Å². The molecule has 3 aromatic carbocycles. The van der Waals surface area contributed by atoms with Gasteiger partial charge in [-0.25, -0.2) is 0 Å². The molecule has 1 saturated heterocycles. The van der Waals surface area contributed by atoms with Gasteiger partial charge < -0.3 is 4.74 Å². The van der Waals surface area contributed by atoms with Crippen LogP contribution in [0.1, 0.15) is 12.0 Å². The number of thiocarbonyl (C=S) groups is 1. The third kappa shape index (κ3) is 4.36. The van der Waals surface area contributed by atoms with Crippen LogP contribution in [-0.2, 0) is 9.59 Å². The summed E-state index contributed by atoms with van der Waals surface area (Å²) in [5.74, 6) is 0.460. The second-order valence-corrected chi connectivity index (χ2v) is 10.4.